The second-order valence-corrected chi connectivity index (χ2v) is 6.35. The minimum Gasteiger partial charge on any atom is -0.311 e. The van der Waals surface area contributed by atoms with Gasteiger partial charge in [-0.3, -0.25) is 0 Å². The Labute approximate surface area is 108 Å². The van der Waals surface area contributed by atoms with E-state index in [-0.39, 0.29) is 0 Å². The lowest BCUT2D eigenvalue weighted by molar-refractivity contribution is 0.741. The van der Waals surface area contributed by atoms with E-state index in [1.165, 1.54) is 14.2 Å². The number of thioether (sulfide) groups is 1. The summed E-state index contributed by atoms with van der Waals surface area (Å²) in [6.07, 6.45) is 5.16. The van der Waals surface area contributed by atoms with Gasteiger partial charge in [-0.25, -0.2) is 0 Å². The Morgan fingerprint density at radius 3 is 3.07 bits per heavy atom. The van der Waals surface area contributed by atoms with E-state index in [0.717, 1.165) is 24.6 Å². The zero-order chi connectivity index (χ0) is 11.1. The molecule has 0 aromatic carbocycles. The van der Waals surface area contributed by atoms with Crippen LogP contribution in [0.15, 0.2) is 10.5 Å². The molecule has 1 aromatic heterocycles. The van der Waals surface area contributed by atoms with E-state index in [9.17, 15) is 0 Å². The first-order valence-electron chi connectivity index (χ1n) is 4.70. The number of halogens is 1. The smallest absolute Gasteiger partial charge is 0.0545 e. The van der Waals surface area contributed by atoms with Crippen LogP contribution in [0.4, 0.5) is 0 Å². The van der Waals surface area contributed by atoms with Crippen molar-refractivity contribution in [2.45, 2.75) is 13.5 Å². The van der Waals surface area contributed by atoms with Crippen molar-refractivity contribution in [3.63, 3.8) is 0 Å². The second kappa shape index (κ2) is 7.34. The topological polar surface area (TPSA) is 12.0 Å². The van der Waals surface area contributed by atoms with E-state index in [0.29, 0.717) is 0 Å². The van der Waals surface area contributed by atoms with Gasteiger partial charge < -0.3 is 5.32 Å². The highest BCUT2D eigenvalue weighted by molar-refractivity contribution is 9.10. The van der Waals surface area contributed by atoms with Gasteiger partial charge in [0.25, 0.3) is 0 Å². The molecule has 82 valence electrons. The Morgan fingerprint density at radius 1 is 1.67 bits per heavy atom. The predicted molar refractivity (Wildman–Crippen MR) is 74.6 cm³/mol. The van der Waals surface area contributed by atoms with Crippen molar-refractivity contribution < 1.29 is 0 Å². The van der Waals surface area contributed by atoms with Gasteiger partial charge in [0.05, 0.1) is 5.75 Å². The van der Waals surface area contributed by atoms with Gasteiger partial charge in [0.2, 0.25) is 0 Å². The highest BCUT2D eigenvalue weighted by atomic mass is 79.9. The van der Waals surface area contributed by atoms with Gasteiger partial charge in [0.15, 0.2) is 0 Å². The summed E-state index contributed by atoms with van der Waals surface area (Å²) in [5, 5.41) is 3.40. The maximum atomic E-state index is 5.16. The van der Waals surface area contributed by atoms with Crippen LogP contribution in [-0.2, 0) is 6.54 Å². The number of hydrogen-bond acceptors (Lipinski definition) is 3. The normalized spacial score (nSPS) is 10.2. The number of hydrogen-bond donors (Lipinski definition) is 1. The molecule has 1 aromatic rings. The van der Waals surface area contributed by atoms with Crippen molar-refractivity contribution in [2.75, 3.05) is 18.1 Å². The lowest BCUT2D eigenvalue weighted by atomic mass is 10.4. The molecule has 0 bridgehead atoms. The van der Waals surface area contributed by atoms with E-state index in [4.69, 9.17) is 6.42 Å². The molecule has 1 N–H and O–H groups in total. The number of aryl methyl sites for hydroxylation is 1. The van der Waals surface area contributed by atoms with Crippen molar-refractivity contribution >= 4 is 39.0 Å². The molecular weight excluding hydrogens is 290 g/mol. The zero-order valence-electron chi connectivity index (χ0n) is 8.68. The molecule has 0 aliphatic rings. The van der Waals surface area contributed by atoms with Gasteiger partial charge in [-0.2, -0.15) is 0 Å². The van der Waals surface area contributed by atoms with Crippen molar-refractivity contribution in [3.05, 3.63) is 20.3 Å². The minimum atomic E-state index is 0.811. The monoisotopic (exact) mass is 303 g/mol. The van der Waals surface area contributed by atoms with E-state index >= 15 is 0 Å². The molecule has 0 radical (unpaired) electrons. The first kappa shape index (κ1) is 13.1. The molecule has 1 nitrogen and oxygen atoms in total. The fraction of sp³-hybridized carbons (Fsp3) is 0.455. The Morgan fingerprint density at radius 2 is 2.47 bits per heavy atom. The first-order chi connectivity index (χ1) is 7.24. The molecule has 15 heavy (non-hydrogen) atoms. The lowest BCUT2D eigenvalue weighted by Crippen LogP contribution is -2.15. The van der Waals surface area contributed by atoms with Crippen LogP contribution in [0.25, 0.3) is 0 Å². The summed E-state index contributed by atoms with van der Waals surface area (Å²) < 4.78 is 1.21. The summed E-state index contributed by atoms with van der Waals surface area (Å²) in [6.45, 7) is 4.09. The van der Waals surface area contributed by atoms with E-state index < -0.39 is 0 Å². The predicted octanol–water partition coefficient (Wildman–Crippen LogP) is 3.28. The fourth-order valence-corrected chi connectivity index (χ4v) is 3.21. The van der Waals surface area contributed by atoms with Crippen molar-refractivity contribution in [1.82, 2.24) is 5.32 Å². The highest BCUT2D eigenvalue weighted by Gasteiger charge is 2.01. The summed E-state index contributed by atoms with van der Waals surface area (Å²) in [5.41, 5.74) is 0. The third-order valence-corrected chi connectivity index (χ3v) is 4.82. The zero-order valence-corrected chi connectivity index (χ0v) is 11.9. The number of terminal acetylenes is 1. The summed E-state index contributed by atoms with van der Waals surface area (Å²) in [4.78, 5) is 2.72. The maximum absolute atomic E-state index is 5.16. The SMILES string of the molecule is C#CCSCCNCc1cc(Br)c(C)s1. The van der Waals surface area contributed by atoms with Crippen LogP contribution in [0.3, 0.4) is 0 Å². The molecule has 0 saturated carbocycles. The minimum absolute atomic E-state index is 0.811. The third kappa shape index (κ3) is 5.07. The van der Waals surface area contributed by atoms with Gasteiger partial charge >= 0.3 is 0 Å². The molecule has 0 saturated heterocycles. The lowest BCUT2D eigenvalue weighted by Gasteiger charge is -2.00. The molecule has 0 aliphatic heterocycles. The van der Waals surface area contributed by atoms with Crippen LogP contribution in [0, 0.1) is 19.3 Å². The Kier molecular flexibility index (Phi) is 6.42. The fourth-order valence-electron chi connectivity index (χ4n) is 1.09. The van der Waals surface area contributed by atoms with Crippen LogP contribution < -0.4 is 5.32 Å². The largest absolute Gasteiger partial charge is 0.311 e. The van der Waals surface area contributed by atoms with Crippen molar-refractivity contribution in [1.29, 1.82) is 0 Å². The van der Waals surface area contributed by atoms with Gasteiger partial charge in [-0.1, -0.05) is 5.92 Å². The Hall–Kier alpha value is 0.0500. The standard InChI is InChI=1S/C11H14BrNS2/c1-3-5-14-6-4-13-8-10-7-11(12)9(2)15-10/h1,7,13H,4-6,8H2,2H3. The maximum Gasteiger partial charge on any atom is 0.0545 e. The number of rotatable bonds is 6. The van der Waals surface area contributed by atoms with E-state index in [1.54, 1.807) is 11.8 Å². The average molecular weight is 304 g/mol. The molecule has 0 aliphatic carbocycles. The quantitative estimate of drug-likeness (QED) is 0.639. The van der Waals surface area contributed by atoms with Crippen LogP contribution in [0.5, 0.6) is 0 Å². The average Bonchev–Trinajstić information content (AvgIpc) is 2.52. The van der Waals surface area contributed by atoms with Gasteiger partial charge in [0.1, 0.15) is 0 Å². The van der Waals surface area contributed by atoms with Crippen molar-refractivity contribution in [3.8, 4) is 12.3 Å². The van der Waals surface area contributed by atoms with Gasteiger partial charge in [0, 0.05) is 33.1 Å². The second-order valence-electron chi connectivity index (χ2n) is 3.05. The van der Waals surface area contributed by atoms with E-state index in [1.807, 2.05) is 11.3 Å². The molecule has 1 rings (SSSR count). The summed E-state index contributed by atoms with van der Waals surface area (Å²) >= 11 is 7.14. The van der Waals surface area contributed by atoms with Gasteiger partial charge in [-0.15, -0.1) is 29.5 Å². The molecule has 0 fully saturated rings. The Balaban J connectivity index is 2.13. The first-order valence-corrected chi connectivity index (χ1v) is 7.47. The highest BCUT2D eigenvalue weighted by Crippen LogP contribution is 2.25. The molecule has 0 atom stereocenters. The third-order valence-electron chi connectivity index (χ3n) is 1.82. The molecular formula is C11H14BrNS2. The molecule has 0 spiro atoms. The number of thiophene rings is 1. The van der Waals surface area contributed by atoms with Gasteiger partial charge in [-0.05, 0) is 28.9 Å². The van der Waals surface area contributed by atoms with Crippen LogP contribution in [0.2, 0.25) is 0 Å². The molecule has 0 amide bonds. The van der Waals surface area contributed by atoms with E-state index in [2.05, 4.69) is 40.2 Å². The van der Waals surface area contributed by atoms with Crippen LogP contribution >= 0.6 is 39.0 Å². The van der Waals surface area contributed by atoms with Crippen LogP contribution in [0.1, 0.15) is 9.75 Å². The summed E-state index contributed by atoms with van der Waals surface area (Å²) in [6, 6.07) is 2.18. The summed E-state index contributed by atoms with van der Waals surface area (Å²) in [5.74, 6) is 4.51. The molecule has 4 heteroatoms. The molecule has 0 unspecified atom stereocenters. The molecule has 1 heterocycles. The summed E-state index contributed by atoms with van der Waals surface area (Å²) in [7, 11) is 0. The van der Waals surface area contributed by atoms with Crippen molar-refractivity contribution in [2.24, 2.45) is 0 Å². The Bertz CT molecular complexity index is 321. The van der Waals surface area contributed by atoms with Crippen LogP contribution in [-0.4, -0.2) is 18.1 Å². The number of nitrogens with one attached hydrogen (secondary N) is 1.